The molecule has 0 radical (unpaired) electrons. The van der Waals surface area contributed by atoms with E-state index < -0.39 is 0 Å². The topological polar surface area (TPSA) is 62.6 Å². The molecule has 3 heterocycles. The van der Waals surface area contributed by atoms with Crippen LogP contribution in [0.25, 0.3) is 0 Å². The number of rotatable bonds is 2. The van der Waals surface area contributed by atoms with Gasteiger partial charge in [0.1, 0.15) is 0 Å². The minimum absolute atomic E-state index is 0.113. The van der Waals surface area contributed by atoms with Crippen molar-refractivity contribution >= 4 is 11.7 Å². The summed E-state index contributed by atoms with van der Waals surface area (Å²) in [5, 5.41) is 7.23. The van der Waals surface area contributed by atoms with Gasteiger partial charge in [-0.3, -0.25) is 4.68 Å². The van der Waals surface area contributed by atoms with E-state index in [1.54, 1.807) is 15.6 Å². The van der Waals surface area contributed by atoms with Gasteiger partial charge < -0.3 is 19.9 Å². The fourth-order valence-corrected chi connectivity index (χ4v) is 3.52. The second-order valence-corrected chi connectivity index (χ2v) is 6.64. The van der Waals surface area contributed by atoms with E-state index in [0.29, 0.717) is 31.7 Å². The average Bonchev–Trinajstić information content (AvgIpc) is 3.09. The smallest absolute Gasteiger partial charge is 0.318 e. The number of hydrogen-bond donors (Lipinski definition) is 1. The summed E-state index contributed by atoms with van der Waals surface area (Å²) in [5.41, 5.74) is 1.78. The van der Waals surface area contributed by atoms with Gasteiger partial charge in [-0.05, 0) is 6.07 Å². The van der Waals surface area contributed by atoms with Crippen LogP contribution in [0.4, 0.5) is 14.9 Å². The molecule has 2 aliphatic rings. The van der Waals surface area contributed by atoms with Crippen molar-refractivity contribution in [1.29, 1.82) is 0 Å². The summed E-state index contributed by atoms with van der Waals surface area (Å²) >= 11 is 0. The Labute approximate surface area is 151 Å². The third-order valence-electron chi connectivity index (χ3n) is 4.95. The van der Waals surface area contributed by atoms with Gasteiger partial charge in [0.15, 0.2) is 11.6 Å². The van der Waals surface area contributed by atoms with E-state index in [9.17, 15) is 9.18 Å². The highest BCUT2D eigenvalue weighted by molar-refractivity contribution is 5.75. The molecule has 26 heavy (non-hydrogen) atoms. The van der Waals surface area contributed by atoms with Crippen molar-refractivity contribution in [3.05, 3.63) is 42.0 Å². The normalized spacial score (nSPS) is 19.7. The summed E-state index contributed by atoms with van der Waals surface area (Å²) in [6, 6.07) is 4.49. The summed E-state index contributed by atoms with van der Waals surface area (Å²) < 4.78 is 21.1. The van der Waals surface area contributed by atoms with Crippen LogP contribution in [0.3, 0.4) is 0 Å². The van der Waals surface area contributed by atoms with Crippen molar-refractivity contribution in [3.8, 4) is 5.75 Å². The summed E-state index contributed by atoms with van der Waals surface area (Å²) in [7, 11) is 1.89. The SMILES string of the molecule is Cn1cc(N2CCN(C(=O)N[C@H]3CCOc4c(F)cccc43)CC2)cn1. The van der Waals surface area contributed by atoms with Crippen LogP contribution in [-0.2, 0) is 7.05 Å². The molecule has 2 aromatic rings. The molecule has 1 aromatic heterocycles. The molecule has 7 nitrogen and oxygen atoms in total. The fraction of sp³-hybridized carbons (Fsp3) is 0.444. The molecule has 1 aromatic carbocycles. The van der Waals surface area contributed by atoms with Crippen LogP contribution < -0.4 is 15.0 Å². The van der Waals surface area contributed by atoms with E-state index in [2.05, 4.69) is 15.3 Å². The number of nitrogens with one attached hydrogen (secondary N) is 1. The van der Waals surface area contributed by atoms with E-state index in [-0.39, 0.29) is 23.6 Å². The third-order valence-corrected chi connectivity index (χ3v) is 4.95. The van der Waals surface area contributed by atoms with E-state index in [1.165, 1.54) is 6.07 Å². The zero-order valence-electron chi connectivity index (χ0n) is 14.7. The standard InChI is InChI=1S/C18H22FN5O2/c1-22-12-13(11-20-22)23-6-8-24(9-7-23)18(25)21-16-5-10-26-17-14(16)3-2-4-15(17)19/h2-4,11-12,16H,5-10H2,1H3,(H,21,25)/t16-/m0/s1. The number of hydrogen-bond acceptors (Lipinski definition) is 4. The second kappa shape index (κ2) is 6.86. The Balaban J connectivity index is 1.37. The number of aromatic nitrogens is 2. The third kappa shape index (κ3) is 3.18. The molecular formula is C18H22FN5O2. The number of carbonyl (C=O) groups is 1. The number of para-hydroxylation sites is 1. The Morgan fingerprint density at radius 3 is 2.85 bits per heavy atom. The van der Waals surface area contributed by atoms with Crippen LogP contribution in [0.1, 0.15) is 18.0 Å². The number of urea groups is 1. The molecule has 0 saturated carbocycles. The van der Waals surface area contributed by atoms with Gasteiger partial charge in [-0.25, -0.2) is 9.18 Å². The summed E-state index contributed by atoms with van der Waals surface area (Å²) in [6.45, 7) is 3.20. The highest BCUT2D eigenvalue weighted by atomic mass is 19.1. The minimum Gasteiger partial charge on any atom is -0.490 e. The maximum absolute atomic E-state index is 13.9. The van der Waals surface area contributed by atoms with Crippen LogP contribution in [-0.4, -0.2) is 53.5 Å². The Kier molecular flexibility index (Phi) is 4.40. The number of carbonyl (C=O) groups excluding carboxylic acids is 1. The number of nitrogens with zero attached hydrogens (tertiary/aromatic N) is 4. The van der Waals surface area contributed by atoms with Gasteiger partial charge in [0.2, 0.25) is 0 Å². The zero-order valence-corrected chi connectivity index (χ0v) is 14.7. The Bertz CT molecular complexity index is 801. The van der Waals surface area contributed by atoms with E-state index >= 15 is 0 Å². The van der Waals surface area contributed by atoms with E-state index in [1.807, 2.05) is 25.5 Å². The molecule has 2 aliphatic heterocycles. The lowest BCUT2D eigenvalue weighted by Gasteiger charge is -2.36. The van der Waals surface area contributed by atoms with Gasteiger partial charge in [-0.2, -0.15) is 5.10 Å². The molecule has 0 unspecified atom stereocenters. The number of fused-ring (bicyclic) bond motifs is 1. The van der Waals surface area contributed by atoms with Gasteiger partial charge >= 0.3 is 6.03 Å². The first-order valence-electron chi connectivity index (χ1n) is 8.82. The van der Waals surface area contributed by atoms with Crippen LogP contribution >= 0.6 is 0 Å². The van der Waals surface area contributed by atoms with E-state index in [4.69, 9.17) is 4.74 Å². The lowest BCUT2D eigenvalue weighted by molar-refractivity contribution is 0.182. The number of aryl methyl sites for hydroxylation is 1. The predicted molar refractivity (Wildman–Crippen MR) is 94.8 cm³/mol. The summed E-state index contributed by atoms with van der Waals surface area (Å²) in [6.07, 6.45) is 4.45. The number of anilines is 1. The fourth-order valence-electron chi connectivity index (χ4n) is 3.52. The Hall–Kier alpha value is -2.77. The molecule has 1 N–H and O–H groups in total. The zero-order chi connectivity index (χ0) is 18.1. The molecule has 1 fully saturated rings. The van der Waals surface area contributed by atoms with Crippen molar-refractivity contribution in [3.63, 3.8) is 0 Å². The molecule has 0 spiro atoms. The van der Waals surface area contributed by atoms with E-state index in [0.717, 1.165) is 18.8 Å². The lowest BCUT2D eigenvalue weighted by atomic mass is 10.0. The first-order valence-corrected chi connectivity index (χ1v) is 8.82. The molecule has 2 amide bonds. The maximum Gasteiger partial charge on any atom is 0.318 e. The first kappa shape index (κ1) is 16.7. The minimum atomic E-state index is -0.383. The number of benzene rings is 1. The molecule has 0 bridgehead atoms. The highest BCUT2D eigenvalue weighted by Crippen LogP contribution is 2.34. The first-order chi connectivity index (χ1) is 12.6. The van der Waals surface area contributed by atoms with Crippen LogP contribution in [0.2, 0.25) is 0 Å². The molecular weight excluding hydrogens is 337 g/mol. The van der Waals surface area contributed by atoms with Crippen LogP contribution in [0.5, 0.6) is 5.75 Å². The lowest BCUT2D eigenvalue weighted by Crippen LogP contribution is -2.52. The molecule has 138 valence electrons. The Morgan fingerprint density at radius 1 is 1.31 bits per heavy atom. The predicted octanol–water partition coefficient (Wildman–Crippen LogP) is 1.91. The van der Waals surface area contributed by atoms with Gasteiger partial charge in [0, 0.05) is 51.4 Å². The van der Waals surface area contributed by atoms with Crippen molar-refractivity contribution in [2.24, 2.45) is 7.05 Å². The molecule has 1 saturated heterocycles. The highest BCUT2D eigenvalue weighted by Gasteiger charge is 2.28. The molecule has 1 atom stereocenters. The van der Waals surface area contributed by atoms with Gasteiger partial charge in [0.25, 0.3) is 0 Å². The number of amides is 2. The van der Waals surface area contributed by atoms with Crippen molar-refractivity contribution < 1.29 is 13.9 Å². The average molecular weight is 359 g/mol. The van der Waals surface area contributed by atoms with Crippen molar-refractivity contribution in [2.45, 2.75) is 12.5 Å². The number of ether oxygens (including phenoxy) is 1. The van der Waals surface area contributed by atoms with Crippen LogP contribution in [0, 0.1) is 5.82 Å². The molecule has 4 rings (SSSR count). The quantitative estimate of drug-likeness (QED) is 0.890. The summed E-state index contributed by atoms with van der Waals surface area (Å²) in [4.78, 5) is 16.7. The van der Waals surface area contributed by atoms with Gasteiger partial charge in [-0.1, -0.05) is 12.1 Å². The van der Waals surface area contributed by atoms with Crippen molar-refractivity contribution in [2.75, 3.05) is 37.7 Å². The van der Waals surface area contributed by atoms with Gasteiger partial charge in [-0.15, -0.1) is 0 Å². The second-order valence-electron chi connectivity index (χ2n) is 6.64. The summed E-state index contributed by atoms with van der Waals surface area (Å²) in [5.74, 6) is -0.128. The van der Waals surface area contributed by atoms with Crippen molar-refractivity contribution in [1.82, 2.24) is 20.0 Å². The van der Waals surface area contributed by atoms with Gasteiger partial charge in [0.05, 0.1) is 24.5 Å². The maximum atomic E-state index is 13.9. The number of piperazine rings is 1. The Morgan fingerprint density at radius 2 is 2.12 bits per heavy atom. The molecule has 0 aliphatic carbocycles. The monoisotopic (exact) mass is 359 g/mol. The largest absolute Gasteiger partial charge is 0.490 e. The van der Waals surface area contributed by atoms with Crippen LogP contribution in [0.15, 0.2) is 30.6 Å². The molecule has 8 heteroatoms. The number of halogens is 1.